The van der Waals surface area contributed by atoms with E-state index < -0.39 is 6.10 Å². The van der Waals surface area contributed by atoms with Crippen molar-refractivity contribution in [2.75, 3.05) is 0 Å². The van der Waals surface area contributed by atoms with Gasteiger partial charge in [0.2, 0.25) is 0 Å². The van der Waals surface area contributed by atoms with Crippen molar-refractivity contribution in [1.82, 2.24) is 0 Å². The Labute approximate surface area is 112 Å². The van der Waals surface area contributed by atoms with Gasteiger partial charge in [-0.05, 0) is 42.4 Å². The molecule has 6 aliphatic rings. The molecule has 0 amide bonds. The third-order valence-electron chi connectivity index (χ3n) is 6.61. The Bertz CT molecular complexity index is 536. The molecule has 0 radical (unpaired) electrons. The van der Waals surface area contributed by atoms with Crippen molar-refractivity contribution in [3.05, 3.63) is 12.2 Å². The second kappa shape index (κ2) is 3.27. The Morgan fingerprint density at radius 2 is 1.89 bits per heavy atom. The minimum absolute atomic E-state index is 0.159. The molecule has 0 aromatic heterocycles. The monoisotopic (exact) mass is 255 g/mol. The van der Waals surface area contributed by atoms with Crippen molar-refractivity contribution in [2.45, 2.75) is 31.0 Å². The summed E-state index contributed by atoms with van der Waals surface area (Å²) in [5.41, 5.74) is 0. The topological polar surface area (TPSA) is 68.7 Å². The fraction of sp³-hybridized carbons (Fsp3) is 0.800. The number of nitriles is 1. The lowest BCUT2D eigenvalue weighted by Crippen LogP contribution is -2.57. The van der Waals surface area contributed by atoms with Gasteiger partial charge in [0.1, 0.15) is 0 Å². The molecule has 3 saturated carbocycles. The fourth-order valence-electron chi connectivity index (χ4n) is 6.05. The molecule has 98 valence electrons. The van der Waals surface area contributed by atoms with Crippen LogP contribution in [-0.4, -0.2) is 23.3 Å². The van der Waals surface area contributed by atoms with E-state index in [1.165, 1.54) is 0 Å². The highest BCUT2D eigenvalue weighted by Gasteiger charge is 2.67. The van der Waals surface area contributed by atoms with Gasteiger partial charge >= 0.3 is 0 Å². The number of azo groups is 1. The van der Waals surface area contributed by atoms with Gasteiger partial charge in [-0.25, -0.2) is 0 Å². The van der Waals surface area contributed by atoms with E-state index in [4.69, 9.17) is 0 Å². The quantitative estimate of drug-likeness (QED) is 0.670. The highest BCUT2D eigenvalue weighted by Crippen LogP contribution is 2.65. The molecule has 1 N–H and O–H groups in total. The zero-order valence-electron chi connectivity index (χ0n) is 10.6. The van der Waals surface area contributed by atoms with E-state index >= 15 is 0 Å². The van der Waals surface area contributed by atoms with Crippen molar-refractivity contribution < 1.29 is 5.11 Å². The fourth-order valence-corrected chi connectivity index (χ4v) is 6.05. The number of aliphatic hydroxyl groups is 1. The lowest BCUT2D eigenvalue weighted by molar-refractivity contribution is -0.0488. The van der Waals surface area contributed by atoms with Crippen molar-refractivity contribution >= 4 is 0 Å². The number of allylic oxidation sites excluding steroid dienone is 1. The van der Waals surface area contributed by atoms with Crippen LogP contribution < -0.4 is 0 Å². The van der Waals surface area contributed by atoms with E-state index in [0.717, 1.165) is 12.8 Å². The lowest BCUT2D eigenvalue weighted by Gasteiger charge is -2.52. The first-order valence-electron chi connectivity index (χ1n) is 7.45. The van der Waals surface area contributed by atoms with Crippen molar-refractivity contribution in [2.24, 2.45) is 51.7 Å². The molecule has 4 bridgehead atoms. The maximum absolute atomic E-state index is 10.4. The first-order chi connectivity index (χ1) is 9.31. The summed E-state index contributed by atoms with van der Waals surface area (Å²) in [5, 5.41) is 28.9. The van der Waals surface area contributed by atoms with Crippen LogP contribution >= 0.6 is 0 Å². The zero-order chi connectivity index (χ0) is 12.7. The number of hydrogen-bond acceptors (Lipinski definition) is 4. The molecule has 0 aromatic carbocycles. The molecule has 0 spiro atoms. The van der Waals surface area contributed by atoms with Gasteiger partial charge < -0.3 is 5.11 Å². The van der Waals surface area contributed by atoms with Crippen LogP contribution in [-0.2, 0) is 0 Å². The summed E-state index contributed by atoms with van der Waals surface area (Å²) in [6, 6.07) is 2.95. The molecule has 2 heterocycles. The van der Waals surface area contributed by atoms with Gasteiger partial charge in [-0.3, -0.25) is 0 Å². The largest absolute Gasteiger partial charge is 0.391 e. The van der Waals surface area contributed by atoms with E-state index in [0.29, 0.717) is 41.5 Å². The summed E-state index contributed by atoms with van der Waals surface area (Å²) in [7, 11) is 0. The maximum atomic E-state index is 10.4. The van der Waals surface area contributed by atoms with Crippen LogP contribution in [0.15, 0.2) is 22.4 Å². The van der Waals surface area contributed by atoms with E-state index in [1.807, 2.05) is 0 Å². The van der Waals surface area contributed by atoms with Crippen LogP contribution in [0.25, 0.3) is 0 Å². The third-order valence-corrected chi connectivity index (χ3v) is 6.61. The van der Waals surface area contributed by atoms with Crippen LogP contribution in [0.2, 0.25) is 0 Å². The van der Waals surface area contributed by atoms with Gasteiger partial charge in [-0.2, -0.15) is 15.5 Å². The Hall–Kier alpha value is -1.21. The molecule has 3 fully saturated rings. The standard InChI is InChI=1S/C15H17N3O/c16-5-10-8-4-9(15(10)19)12-11(8)13-6-2-1-3-7(6)14(12)18-17-13/h1,3,6-15,19H,2,4H2. The number of rotatable bonds is 0. The Morgan fingerprint density at radius 1 is 1.11 bits per heavy atom. The molecule has 0 saturated heterocycles. The number of nitrogens with zero attached hydrogens (tertiary/aromatic N) is 3. The van der Waals surface area contributed by atoms with Gasteiger partial charge in [-0.1, -0.05) is 12.2 Å². The van der Waals surface area contributed by atoms with Crippen molar-refractivity contribution in [1.29, 1.82) is 5.26 Å². The average Bonchev–Trinajstić information content (AvgIpc) is 3.12. The molecule has 10 unspecified atom stereocenters. The van der Waals surface area contributed by atoms with Crippen molar-refractivity contribution in [3.63, 3.8) is 0 Å². The summed E-state index contributed by atoms with van der Waals surface area (Å²) in [4.78, 5) is 0. The van der Waals surface area contributed by atoms with Gasteiger partial charge in [0.25, 0.3) is 0 Å². The highest BCUT2D eigenvalue weighted by molar-refractivity contribution is 5.24. The summed E-state index contributed by atoms with van der Waals surface area (Å²) in [5.74, 6) is 2.67. The summed E-state index contributed by atoms with van der Waals surface area (Å²) in [6.07, 6.45) is 6.35. The molecule has 2 aliphatic heterocycles. The molecule has 4 aliphatic carbocycles. The van der Waals surface area contributed by atoms with Crippen LogP contribution in [0.5, 0.6) is 0 Å². The molecule has 6 rings (SSSR count). The minimum Gasteiger partial charge on any atom is -0.391 e. The third kappa shape index (κ3) is 1.03. The molecule has 0 aromatic rings. The van der Waals surface area contributed by atoms with Crippen LogP contribution in [0.3, 0.4) is 0 Å². The predicted octanol–water partition coefficient (Wildman–Crippen LogP) is 1.78. The molecule has 4 heteroatoms. The average molecular weight is 255 g/mol. The predicted molar refractivity (Wildman–Crippen MR) is 66.9 cm³/mol. The normalized spacial score (nSPS) is 63.2. The first-order valence-corrected chi connectivity index (χ1v) is 7.45. The van der Waals surface area contributed by atoms with E-state index in [1.54, 1.807) is 0 Å². The summed E-state index contributed by atoms with van der Waals surface area (Å²) in [6.45, 7) is 0. The van der Waals surface area contributed by atoms with Gasteiger partial charge in [0.15, 0.2) is 0 Å². The number of hydrogen-bond donors (Lipinski definition) is 1. The highest BCUT2D eigenvalue weighted by atomic mass is 16.3. The molecule has 19 heavy (non-hydrogen) atoms. The van der Waals surface area contributed by atoms with E-state index in [-0.39, 0.29) is 12.0 Å². The van der Waals surface area contributed by atoms with Gasteiger partial charge in [0.05, 0.1) is 30.2 Å². The van der Waals surface area contributed by atoms with Crippen LogP contribution in [0, 0.1) is 52.8 Å². The number of fused-ring (bicyclic) bond motifs is 2. The second-order valence-electron chi connectivity index (χ2n) is 6.98. The first kappa shape index (κ1) is 10.6. The smallest absolute Gasteiger partial charge is 0.0809 e. The lowest BCUT2D eigenvalue weighted by atomic mass is 9.56. The zero-order valence-corrected chi connectivity index (χ0v) is 10.6. The molecular weight excluding hydrogens is 238 g/mol. The van der Waals surface area contributed by atoms with Crippen LogP contribution in [0.4, 0.5) is 0 Å². The number of aliphatic hydroxyl groups excluding tert-OH is 1. The summed E-state index contributed by atoms with van der Waals surface area (Å²) < 4.78 is 0. The SMILES string of the molecule is N#CC1C(O)C2CC1C1C3N=NC(C4C=CCC43)C21. The van der Waals surface area contributed by atoms with Gasteiger partial charge in [0, 0.05) is 5.92 Å². The molecule has 10 atom stereocenters. The molecular formula is C15H17N3O. The van der Waals surface area contributed by atoms with E-state index in [9.17, 15) is 10.4 Å². The van der Waals surface area contributed by atoms with E-state index in [2.05, 4.69) is 28.4 Å². The summed E-state index contributed by atoms with van der Waals surface area (Å²) >= 11 is 0. The Balaban J connectivity index is 1.61. The Kier molecular flexibility index (Phi) is 1.82. The minimum atomic E-state index is -0.422. The Morgan fingerprint density at radius 3 is 2.74 bits per heavy atom. The maximum Gasteiger partial charge on any atom is 0.0809 e. The van der Waals surface area contributed by atoms with Gasteiger partial charge in [-0.15, -0.1) is 0 Å². The second-order valence-corrected chi connectivity index (χ2v) is 6.98. The van der Waals surface area contributed by atoms with Crippen LogP contribution in [0.1, 0.15) is 12.8 Å². The molecule has 4 nitrogen and oxygen atoms in total. The van der Waals surface area contributed by atoms with Crippen molar-refractivity contribution in [3.8, 4) is 6.07 Å².